The number of nitrogen functional groups attached to an aromatic ring is 1. The van der Waals surface area contributed by atoms with Crippen molar-refractivity contribution in [2.75, 3.05) is 23.2 Å². The van der Waals surface area contributed by atoms with Gasteiger partial charge in [-0.15, -0.1) is 0 Å². The summed E-state index contributed by atoms with van der Waals surface area (Å²) in [5.41, 5.74) is 12.8. The highest BCUT2D eigenvalue weighted by atomic mass is 16.5. The van der Waals surface area contributed by atoms with Crippen molar-refractivity contribution in [2.45, 2.75) is 12.3 Å². The molecule has 12 heteroatoms. The quantitative estimate of drug-likeness (QED) is 0.176. The molecular formula is C22H23N9O3. The average molecular weight is 461 g/mol. The zero-order chi connectivity index (χ0) is 23.8. The summed E-state index contributed by atoms with van der Waals surface area (Å²) < 4.78 is 7.49. The first-order valence-corrected chi connectivity index (χ1v) is 10.3. The number of aromatic nitrogens is 4. The predicted octanol–water partition coefficient (Wildman–Crippen LogP) is 1.77. The summed E-state index contributed by atoms with van der Waals surface area (Å²) in [5.74, 6) is -0.0651. The summed E-state index contributed by atoms with van der Waals surface area (Å²) in [7, 11) is 0. The Balaban J connectivity index is 1.58. The molecule has 12 nitrogen and oxygen atoms in total. The maximum atomic E-state index is 12.2. The van der Waals surface area contributed by atoms with Gasteiger partial charge in [-0.25, -0.2) is 4.98 Å². The van der Waals surface area contributed by atoms with E-state index in [-0.39, 0.29) is 23.7 Å². The molecule has 2 unspecified atom stereocenters. The van der Waals surface area contributed by atoms with Gasteiger partial charge in [-0.05, 0) is 24.3 Å². The topological polar surface area (TPSA) is 168 Å². The maximum absolute atomic E-state index is 12.2. The molecule has 0 aliphatic rings. The number of benzene rings is 2. The maximum Gasteiger partial charge on any atom is 0.280 e. The number of aliphatic hydroxyl groups excluding tert-OH is 1. The molecule has 174 valence electrons. The second kappa shape index (κ2) is 10.8. The Bertz CT molecular complexity index is 1320. The zero-order valence-electron chi connectivity index (χ0n) is 17.9. The molecular weight excluding hydrogens is 438 g/mol. The second-order valence-electron chi connectivity index (χ2n) is 7.03. The van der Waals surface area contributed by atoms with Gasteiger partial charge >= 0.3 is 0 Å². The Labute approximate surface area is 193 Å². The molecule has 0 radical (unpaired) electrons. The van der Waals surface area contributed by atoms with Crippen LogP contribution in [-0.2, 0) is 4.74 Å². The number of H-pyrrole nitrogens is 1. The Morgan fingerprint density at radius 1 is 1.06 bits per heavy atom. The summed E-state index contributed by atoms with van der Waals surface area (Å²) in [4.78, 5) is 22.9. The van der Waals surface area contributed by atoms with Gasteiger partial charge in [0.1, 0.15) is 6.10 Å². The SMILES string of the molecule is Nc1nc2c(ncn2C(C=NNc2ccccc2)OC(C=NNc2ccccc2)CO)c(=O)[nH]1. The molecule has 0 spiro atoms. The summed E-state index contributed by atoms with van der Waals surface area (Å²) in [6.45, 7) is -0.362. The highest BCUT2D eigenvalue weighted by Gasteiger charge is 2.20. The molecule has 0 bridgehead atoms. The number of hydrazone groups is 2. The largest absolute Gasteiger partial charge is 0.393 e. The lowest BCUT2D eigenvalue weighted by Crippen LogP contribution is -2.27. The van der Waals surface area contributed by atoms with E-state index in [0.717, 1.165) is 11.4 Å². The van der Waals surface area contributed by atoms with Crippen LogP contribution in [0.15, 0.2) is 82.0 Å². The van der Waals surface area contributed by atoms with Crippen LogP contribution in [0.25, 0.3) is 11.2 Å². The van der Waals surface area contributed by atoms with Crippen molar-refractivity contribution >= 4 is 40.9 Å². The van der Waals surface area contributed by atoms with E-state index in [0.29, 0.717) is 0 Å². The number of imidazole rings is 1. The molecule has 34 heavy (non-hydrogen) atoms. The highest BCUT2D eigenvalue weighted by molar-refractivity contribution is 5.74. The Hall–Kier alpha value is -4.55. The Kier molecular flexibility index (Phi) is 7.22. The number of ether oxygens (including phenoxy) is 1. The Morgan fingerprint density at radius 2 is 1.68 bits per heavy atom. The van der Waals surface area contributed by atoms with E-state index in [2.05, 4.69) is 36.0 Å². The van der Waals surface area contributed by atoms with E-state index < -0.39 is 17.9 Å². The van der Waals surface area contributed by atoms with Crippen LogP contribution >= 0.6 is 0 Å². The minimum atomic E-state index is -0.907. The van der Waals surface area contributed by atoms with Crippen molar-refractivity contribution in [3.05, 3.63) is 77.3 Å². The zero-order valence-corrected chi connectivity index (χ0v) is 17.9. The van der Waals surface area contributed by atoms with Crippen LogP contribution in [0.3, 0.4) is 0 Å². The highest BCUT2D eigenvalue weighted by Crippen LogP contribution is 2.16. The fourth-order valence-corrected chi connectivity index (χ4v) is 3.00. The summed E-state index contributed by atoms with van der Waals surface area (Å²) in [6.07, 6.45) is 2.54. The van der Waals surface area contributed by atoms with E-state index in [9.17, 15) is 9.90 Å². The lowest BCUT2D eigenvalue weighted by molar-refractivity contribution is 0.00153. The smallest absolute Gasteiger partial charge is 0.280 e. The van der Waals surface area contributed by atoms with Crippen molar-refractivity contribution in [1.29, 1.82) is 0 Å². The summed E-state index contributed by atoms with van der Waals surface area (Å²) >= 11 is 0. The third-order valence-corrected chi connectivity index (χ3v) is 4.60. The summed E-state index contributed by atoms with van der Waals surface area (Å²) in [6, 6.07) is 18.6. The van der Waals surface area contributed by atoms with Gasteiger partial charge in [0.15, 0.2) is 17.4 Å². The lowest BCUT2D eigenvalue weighted by Gasteiger charge is -2.19. The van der Waals surface area contributed by atoms with E-state index in [1.165, 1.54) is 23.3 Å². The third-order valence-electron chi connectivity index (χ3n) is 4.60. The van der Waals surface area contributed by atoms with E-state index >= 15 is 0 Å². The second-order valence-corrected chi connectivity index (χ2v) is 7.03. The fraction of sp³-hybridized carbons (Fsp3) is 0.136. The number of hydrogen-bond donors (Lipinski definition) is 5. The average Bonchev–Trinajstić information content (AvgIpc) is 3.28. The first-order chi connectivity index (χ1) is 16.6. The number of nitrogens with two attached hydrogens (primary N) is 1. The van der Waals surface area contributed by atoms with Crippen LogP contribution in [-0.4, -0.2) is 49.8 Å². The van der Waals surface area contributed by atoms with Crippen LogP contribution < -0.4 is 22.1 Å². The van der Waals surface area contributed by atoms with Gasteiger partial charge in [0.2, 0.25) is 5.95 Å². The number of nitrogens with one attached hydrogen (secondary N) is 3. The molecule has 4 aromatic rings. The van der Waals surface area contributed by atoms with Gasteiger partial charge in [-0.2, -0.15) is 15.2 Å². The van der Waals surface area contributed by atoms with E-state index in [1.54, 1.807) is 0 Å². The number of fused-ring (bicyclic) bond motifs is 1. The molecule has 2 heterocycles. The molecule has 0 fully saturated rings. The molecule has 2 aromatic carbocycles. The van der Waals surface area contributed by atoms with Crippen LogP contribution in [0.4, 0.5) is 17.3 Å². The minimum Gasteiger partial charge on any atom is -0.393 e. The predicted molar refractivity (Wildman–Crippen MR) is 131 cm³/mol. The van der Waals surface area contributed by atoms with Gasteiger partial charge in [0, 0.05) is 0 Å². The van der Waals surface area contributed by atoms with Crippen molar-refractivity contribution in [1.82, 2.24) is 19.5 Å². The van der Waals surface area contributed by atoms with Gasteiger partial charge in [0.05, 0.1) is 36.7 Å². The van der Waals surface area contributed by atoms with Crippen molar-refractivity contribution < 1.29 is 9.84 Å². The minimum absolute atomic E-state index is 0.0651. The van der Waals surface area contributed by atoms with Gasteiger partial charge in [-0.1, -0.05) is 36.4 Å². The molecule has 4 rings (SSSR count). The van der Waals surface area contributed by atoms with Crippen LogP contribution in [0, 0.1) is 0 Å². The fourth-order valence-electron chi connectivity index (χ4n) is 3.00. The third kappa shape index (κ3) is 5.62. The number of aliphatic hydroxyl groups is 1. The lowest BCUT2D eigenvalue weighted by atomic mass is 10.3. The van der Waals surface area contributed by atoms with Crippen LogP contribution in [0.1, 0.15) is 6.23 Å². The monoisotopic (exact) mass is 461 g/mol. The number of hydrogen-bond acceptors (Lipinski definition) is 10. The first-order valence-electron chi connectivity index (χ1n) is 10.3. The summed E-state index contributed by atoms with van der Waals surface area (Å²) in [5, 5.41) is 18.2. The molecule has 0 saturated carbocycles. The van der Waals surface area contributed by atoms with Crippen molar-refractivity contribution in [2.24, 2.45) is 10.2 Å². The molecule has 0 aliphatic heterocycles. The van der Waals surface area contributed by atoms with Crippen LogP contribution in [0.5, 0.6) is 0 Å². The number of anilines is 3. The molecule has 2 atom stereocenters. The molecule has 6 N–H and O–H groups in total. The van der Waals surface area contributed by atoms with Gasteiger partial charge < -0.3 is 15.6 Å². The number of para-hydroxylation sites is 2. The molecule has 0 saturated heterocycles. The molecule has 2 aromatic heterocycles. The first kappa shape index (κ1) is 22.6. The van der Waals surface area contributed by atoms with Crippen molar-refractivity contribution in [3.63, 3.8) is 0 Å². The molecule has 0 amide bonds. The number of aromatic amines is 1. The number of rotatable bonds is 10. The van der Waals surface area contributed by atoms with E-state index in [1.807, 2.05) is 60.7 Å². The normalized spacial score (nSPS) is 13.4. The van der Waals surface area contributed by atoms with E-state index in [4.69, 9.17) is 10.5 Å². The standard InChI is InChI=1S/C22H23N9O3/c23-22-27-20-19(21(33)28-22)24-14-31(20)18(12-26-30-16-9-5-2-6-10-16)34-17(13-32)11-25-29-15-7-3-1-4-8-15/h1-12,14,17-18,29-30,32H,13H2,(H3,23,27,28,33). The van der Waals surface area contributed by atoms with Crippen LogP contribution in [0.2, 0.25) is 0 Å². The van der Waals surface area contributed by atoms with Gasteiger partial charge in [-0.3, -0.25) is 25.2 Å². The molecule has 0 aliphatic carbocycles. The van der Waals surface area contributed by atoms with Crippen molar-refractivity contribution in [3.8, 4) is 0 Å². The van der Waals surface area contributed by atoms with Gasteiger partial charge in [0.25, 0.3) is 5.56 Å². The Morgan fingerprint density at radius 3 is 2.29 bits per heavy atom. The number of nitrogens with zero attached hydrogens (tertiary/aromatic N) is 5.